The maximum Gasteiger partial charge on any atom is 0.408 e. The average molecular weight is 538 g/mol. The second-order valence-electron chi connectivity index (χ2n) is 11.4. The summed E-state index contributed by atoms with van der Waals surface area (Å²) in [7, 11) is 0. The lowest BCUT2D eigenvalue weighted by Gasteiger charge is -2.38. The zero-order valence-corrected chi connectivity index (χ0v) is 23.3. The van der Waals surface area contributed by atoms with Gasteiger partial charge in [-0.25, -0.2) is 9.59 Å². The summed E-state index contributed by atoms with van der Waals surface area (Å²) in [5.41, 5.74) is 1.87. The number of nitrogens with one attached hydrogen (secondary N) is 2. The molecule has 0 unspecified atom stereocenters. The van der Waals surface area contributed by atoms with Crippen molar-refractivity contribution < 1.29 is 29.0 Å². The van der Waals surface area contributed by atoms with Crippen molar-refractivity contribution in [3.63, 3.8) is 0 Å². The summed E-state index contributed by atoms with van der Waals surface area (Å²) >= 11 is 0. The monoisotopic (exact) mass is 537 g/mol. The molecule has 0 radical (unpaired) electrons. The van der Waals surface area contributed by atoms with E-state index < -0.39 is 47.6 Å². The van der Waals surface area contributed by atoms with E-state index in [1.807, 2.05) is 68.4 Å². The molecular weight excluding hydrogens is 498 g/mol. The van der Waals surface area contributed by atoms with Gasteiger partial charge in [-0.05, 0) is 49.8 Å². The number of benzene rings is 2. The molecular formula is C30H39N3O6. The summed E-state index contributed by atoms with van der Waals surface area (Å²) in [5.74, 6) is -2.07. The zero-order valence-electron chi connectivity index (χ0n) is 23.3. The molecule has 3 amide bonds. The van der Waals surface area contributed by atoms with Crippen LogP contribution in [0.4, 0.5) is 4.79 Å². The highest BCUT2D eigenvalue weighted by Crippen LogP contribution is 2.25. The Bertz CT molecular complexity index is 1170. The quantitative estimate of drug-likeness (QED) is 0.448. The number of nitrogens with zero attached hydrogens (tertiary/aromatic N) is 1. The molecule has 1 aliphatic rings. The van der Waals surface area contributed by atoms with Crippen molar-refractivity contribution in [2.45, 2.75) is 84.2 Å². The summed E-state index contributed by atoms with van der Waals surface area (Å²) in [5, 5.41) is 15.0. The normalized spacial score (nSPS) is 16.6. The molecule has 0 bridgehead atoms. The Morgan fingerprint density at radius 3 is 2.15 bits per heavy atom. The Labute approximate surface area is 229 Å². The van der Waals surface area contributed by atoms with Crippen LogP contribution < -0.4 is 10.6 Å². The predicted molar refractivity (Wildman–Crippen MR) is 147 cm³/mol. The number of fused-ring (bicyclic) bond motifs is 1. The Kier molecular flexibility index (Phi) is 9.72. The van der Waals surface area contributed by atoms with Crippen molar-refractivity contribution in [3.8, 4) is 0 Å². The van der Waals surface area contributed by atoms with Crippen LogP contribution in [-0.2, 0) is 38.5 Å². The first-order valence-corrected chi connectivity index (χ1v) is 13.3. The van der Waals surface area contributed by atoms with Crippen molar-refractivity contribution in [2.75, 3.05) is 0 Å². The molecule has 0 aliphatic carbocycles. The van der Waals surface area contributed by atoms with Gasteiger partial charge in [0.05, 0.1) is 0 Å². The fraction of sp³-hybridized carbons (Fsp3) is 0.467. The van der Waals surface area contributed by atoms with Gasteiger partial charge in [-0.1, -0.05) is 68.4 Å². The second kappa shape index (κ2) is 12.8. The highest BCUT2D eigenvalue weighted by atomic mass is 16.6. The molecule has 2 aromatic carbocycles. The van der Waals surface area contributed by atoms with Crippen LogP contribution in [0.15, 0.2) is 54.6 Å². The van der Waals surface area contributed by atoms with Crippen molar-refractivity contribution >= 4 is 23.9 Å². The molecule has 0 fully saturated rings. The molecule has 3 atom stereocenters. The van der Waals surface area contributed by atoms with E-state index in [0.717, 1.165) is 16.7 Å². The molecule has 9 nitrogen and oxygen atoms in total. The fourth-order valence-electron chi connectivity index (χ4n) is 4.65. The Balaban J connectivity index is 1.93. The predicted octanol–water partition coefficient (Wildman–Crippen LogP) is 3.69. The topological polar surface area (TPSA) is 125 Å². The lowest BCUT2D eigenvalue weighted by Crippen LogP contribution is -2.59. The van der Waals surface area contributed by atoms with E-state index in [1.54, 1.807) is 20.8 Å². The van der Waals surface area contributed by atoms with Crippen LogP contribution in [0.25, 0.3) is 0 Å². The van der Waals surface area contributed by atoms with Crippen molar-refractivity contribution in [2.24, 2.45) is 5.92 Å². The molecule has 2 aromatic rings. The van der Waals surface area contributed by atoms with Gasteiger partial charge in [0.1, 0.15) is 23.7 Å². The van der Waals surface area contributed by atoms with E-state index in [-0.39, 0.29) is 31.7 Å². The van der Waals surface area contributed by atoms with Gasteiger partial charge in [-0.3, -0.25) is 9.59 Å². The van der Waals surface area contributed by atoms with Crippen LogP contribution >= 0.6 is 0 Å². The highest BCUT2D eigenvalue weighted by Gasteiger charge is 2.39. The first-order valence-electron chi connectivity index (χ1n) is 13.3. The average Bonchev–Trinajstić information content (AvgIpc) is 2.85. The third kappa shape index (κ3) is 8.56. The fourth-order valence-corrected chi connectivity index (χ4v) is 4.65. The van der Waals surface area contributed by atoms with Gasteiger partial charge in [-0.15, -0.1) is 0 Å². The molecule has 1 heterocycles. The number of amides is 3. The smallest absolute Gasteiger partial charge is 0.408 e. The van der Waals surface area contributed by atoms with E-state index in [4.69, 9.17) is 4.74 Å². The van der Waals surface area contributed by atoms with Crippen LogP contribution in [0.1, 0.15) is 57.7 Å². The van der Waals surface area contributed by atoms with Crippen LogP contribution in [0.3, 0.4) is 0 Å². The Morgan fingerprint density at radius 1 is 0.949 bits per heavy atom. The van der Waals surface area contributed by atoms with Crippen LogP contribution in [-0.4, -0.2) is 57.6 Å². The first-order chi connectivity index (χ1) is 18.3. The summed E-state index contributed by atoms with van der Waals surface area (Å²) in [6, 6.07) is 13.8. The largest absolute Gasteiger partial charge is 0.480 e. The summed E-state index contributed by atoms with van der Waals surface area (Å²) < 4.78 is 5.42. The molecule has 0 spiro atoms. The number of carboxylic acids is 1. The van der Waals surface area contributed by atoms with Gasteiger partial charge in [0.25, 0.3) is 0 Å². The van der Waals surface area contributed by atoms with Gasteiger partial charge in [0.15, 0.2) is 0 Å². The van der Waals surface area contributed by atoms with E-state index in [2.05, 4.69) is 10.6 Å². The number of carbonyl (C=O) groups is 4. The summed E-state index contributed by atoms with van der Waals surface area (Å²) in [4.78, 5) is 53.6. The number of hydrogen-bond acceptors (Lipinski definition) is 5. The van der Waals surface area contributed by atoms with Crippen LogP contribution in [0.2, 0.25) is 0 Å². The summed E-state index contributed by atoms with van der Waals surface area (Å²) in [6.45, 7) is 9.11. The van der Waals surface area contributed by atoms with Gasteiger partial charge in [0.2, 0.25) is 11.8 Å². The second-order valence-corrected chi connectivity index (χ2v) is 11.4. The number of hydrogen-bond donors (Lipinski definition) is 3. The minimum atomic E-state index is -1.13. The standard InChI is InChI=1S/C30H39N3O6/c1-19(2)15-24(28(36)37)31-26(34)25-17-21-13-9-10-14-22(21)18-33(25)27(35)23(16-20-11-7-6-8-12-20)32-29(38)39-30(3,4)5/h6-14,19,23-25H,15-18H2,1-5H3,(H,31,34)(H,32,38)(H,36,37)/t23-,24+,25+/m1/s1. The zero-order chi connectivity index (χ0) is 28.7. The first kappa shape index (κ1) is 29.7. The Hall–Kier alpha value is -3.88. The minimum absolute atomic E-state index is 0.0458. The maximum absolute atomic E-state index is 14.1. The minimum Gasteiger partial charge on any atom is -0.480 e. The van der Waals surface area contributed by atoms with Gasteiger partial charge >= 0.3 is 12.1 Å². The number of carboxylic acid groups (broad SMARTS) is 1. The van der Waals surface area contributed by atoms with Crippen molar-refractivity contribution in [3.05, 3.63) is 71.3 Å². The molecule has 0 saturated carbocycles. The highest BCUT2D eigenvalue weighted by molar-refractivity contribution is 5.93. The molecule has 9 heteroatoms. The number of carbonyl (C=O) groups excluding carboxylic acids is 3. The van der Waals surface area contributed by atoms with E-state index in [9.17, 15) is 24.3 Å². The van der Waals surface area contributed by atoms with Crippen molar-refractivity contribution in [1.82, 2.24) is 15.5 Å². The molecule has 1 aliphatic heterocycles. The Morgan fingerprint density at radius 2 is 1.56 bits per heavy atom. The van der Waals surface area contributed by atoms with Gasteiger partial charge in [0, 0.05) is 19.4 Å². The van der Waals surface area contributed by atoms with E-state index in [1.165, 1.54) is 4.90 Å². The van der Waals surface area contributed by atoms with E-state index in [0.29, 0.717) is 0 Å². The molecule has 0 aromatic heterocycles. The summed E-state index contributed by atoms with van der Waals surface area (Å²) in [6.07, 6.45) is -0.0594. The molecule has 39 heavy (non-hydrogen) atoms. The molecule has 3 N–H and O–H groups in total. The third-order valence-corrected chi connectivity index (χ3v) is 6.43. The molecule has 3 rings (SSSR count). The van der Waals surface area contributed by atoms with Crippen LogP contribution in [0.5, 0.6) is 0 Å². The van der Waals surface area contributed by atoms with Crippen molar-refractivity contribution in [1.29, 1.82) is 0 Å². The number of rotatable bonds is 9. The number of alkyl carbamates (subject to hydrolysis) is 1. The lowest BCUT2D eigenvalue weighted by molar-refractivity contribution is -0.146. The van der Waals surface area contributed by atoms with Gasteiger partial charge in [-0.2, -0.15) is 0 Å². The lowest BCUT2D eigenvalue weighted by atomic mass is 9.91. The van der Waals surface area contributed by atoms with E-state index >= 15 is 0 Å². The number of aliphatic carboxylic acids is 1. The number of ether oxygens (including phenoxy) is 1. The van der Waals surface area contributed by atoms with Gasteiger partial charge < -0.3 is 25.4 Å². The molecule has 0 saturated heterocycles. The maximum atomic E-state index is 14.1. The third-order valence-electron chi connectivity index (χ3n) is 6.43. The molecule has 210 valence electrons. The van der Waals surface area contributed by atoms with Crippen LogP contribution in [0, 0.1) is 5.92 Å². The SMILES string of the molecule is CC(C)C[C@H](NC(=O)[C@@H]1Cc2ccccc2CN1C(=O)[C@@H](Cc1ccccc1)NC(=O)OC(C)(C)C)C(=O)O.